The number of amides is 1. The van der Waals surface area contributed by atoms with Crippen molar-refractivity contribution >= 4 is 11.6 Å². The Labute approximate surface area is 135 Å². The van der Waals surface area contributed by atoms with E-state index in [9.17, 15) is 4.79 Å². The molecule has 0 atom stereocenters. The Hall–Kier alpha value is -2.63. The topological polar surface area (TPSA) is 72.6 Å². The molecule has 124 valence electrons. The number of hydrogen-bond acceptors (Lipinski definition) is 4. The third-order valence-corrected chi connectivity index (χ3v) is 3.56. The van der Waals surface area contributed by atoms with Crippen LogP contribution in [0.15, 0.2) is 18.2 Å². The minimum Gasteiger partial charge on any atom is -0.493 e. The Morgan fingerprint density at radius 3 is 2.09 bits per heavy atom. The van der Waals surface area contributed by atoms with E-state index in [1.807, 2.05) is 19.9 Å². The summed E-state index contributed by atoms with van der Waals surface area (Å²) in [6.45, 7) is 3.92. The smallest absolute Gasteiger partial charge is 0.228 e. The average Bonchev–Trinajstić information content (AvgIpc) is 2.83. The number of carbonyl (C=O) groups excluding carboxylic acids is 1. The van der Waals surface area contributed by atoms with Gasteiger partial charge in [-0.2, -0.15) is 0 Å². The first-order valence-electron chi connectivity index (χ1n) is 7.23. The Morgan fingerprint density at radius 1 is 1.04 bits per heavy atom. The van der Waals surface area contributed by atoms with Gasteiger partial charge in [0.1, 0.15) is 0 Å². The van der Waals surface area contributed by atoms with Crippen LogP contribution in [0.4, 0.5) is 5.69 Å². The molecule has 2 N–H and O–H groups in total. The van der Waals surface area contributed by atoms with Crippen molar-refractivity contribution in [1.29, 1.82) is 0 Å². The number of benzene rings is 1. The zero-order chi connectivity index (χ0) is 17.0. The number of aromatic nitrogens is 1. The summed E-state index contributed by atoms with van der Waals surface area (Å²) in [5.74, 6) is 1.37. The monoisotopic (exact) mass is 318 g/mol. The first kappa shape index (κ1) is 16.7. The van der Waals surface area contributed by atoms with E-state index in [0.29, 0.717) is 29.4 Å². The number of H-pyrrole nitrogens is 1. The molecule has 1 heterocycles. The summed E-state index contributed by atoms with van der Waals surface area (Å²) in [6, 6.07) is 5.38. The van der Waals surface area contributed by atoms with Crippen LogP contribution in [0.2, 0.25) is 0 Å². The third kappa shape index (κ3) is 3.77. The van der Waals surface area contributed by atoms with E-state index in [-0.39, 0.29) is 5.91 Å². The van der Waals surface area contributed by atoms with Gasteiger partial charge in [0.2, 0.25) is 11.7 Å². The average molecular weight is 318 g/mol. The predicted molar refractivity (Wildman–Crippen MR) is 88.7 cm³/mol. The third-order valence-electron chi connectivity index (χ3n) is 3.56. The molecule has 0 bridgehead atoms. The lowest BCUT2D eigenvalue weighted by Crippen LogP contribution is -2.15. The molecule has 0 saturated heterocycles. The minimum atomic E-state index is -0.110. The molecular weight excluding hydrogens is 296 g/mol. The van der Waals surface area contributed by atoms with Crippen molar-refractivity contribution in [2.24, 2.45) is 0 Å². The van der Waals surface area contributed by atoms with Crippen LogP contribution in [-0.4, -0.2) is 32.2 Å². The summed E-state index contributed by atoms with van der Waals surface area (Å²) in [5, 5.41) is 2.86. The van der Waals surface area contributed by atoms with Crippen molar-refractivity contribution in [3.63, 3.8) is 0 Å². The van der Waals surface area contributed by atoms with Gasteiger partial charge in [0, 0.05) is 29.2 Å². The lowest BCUT2D eigenvalue weighted by molar-refractivity contribution is -0.115. The molecule has 0 fully saturated rings. The lowest BCUT2D eigenvalue weighted by Gasteiger charge is -2.14. The van der Waals surface area contributed by atoms with Crippen LogP contribution >= 0.6 is 0 Å². The molecule has 1 aromatic carbocycles. The highest BCUT2D eigenvalue weighted by molar-refractivity contribution is 5.93. The number of nitrogens with one attached hydrogen (secondary N) is 2. The van der Waals surface area contributed by atoms with Crippen molar-refractivity contribution in [2.75, 3.05) is 26.6 Å². The fourth-order valence-corrected chi connectivity index (χ4v) is 2.50. The number of hydrogen-bond donors (Lipinski definition) is 2. The molecule has 0 radical (unpaired) electrons. The molecule has 2 aromatic rings. The van der Waals surface area contributed by atoms with Gasteiger partial charge in [-0.1, -0.05) is 0 Å². The van der Waals surface area contributed by atoms with E-state index in [1.165, 1.54) is 21.3 Å². The van der Waals surface area contributed by atoms with Gasteiger partial charge in [-0.3, -0.25) is 4.79 Å². The summed E-state index contributed by atoms with van der Waals surface area (Å²) in [4.78, 5) is 15.5. The summed E-state index contributed by atoms with van der Waals surface area (Å²) in [5.41, 5.74) is 3.61. The van der Waals surface area contributed by atoms with Crippen LogP contribution < -0.4 is 19.5 Å². The molecule has 0 aliphatic rings. The highest BCUT2D eigenvalue weighted by Gasteiger charge is 2.15. The maximum Gasteiger partial charge on any atom is 0.228 e. The number of carbonyl (C=O) groups is 1. The van der Waals surface area contributed by atoms with Crippen LogP contribution in [0.5, 0.6) is 17.2 Å². The molecular formula is C17H22N2O4. The molecule has 23 heavy (non-hydrogen) atoms. The molecule has 1 amide bonds. The second kappa shape index (κ2) is 7.09. The normalized spacial score (nSPS) is 10.3. The van der Waals surface area contributed by atoms with Crippen LogP contribution in [-0.2, 0) is 11.2 Å². The number of aryl methyl sites for hydroxylation is 2. The molecule has 6 heteroatoms. The molecule has 0 aliphatic heterocycles. The van der Waals surface area contributed by atoms with Gasteiger partial charge < -0.3 is 24.5 Å². The summed E-state index contributed by atoms with van der Waals surface area (Å²) < 4.78 is 15.8. The van der Waals surface area contributed by atoms with Gasteiger partial charge in [-0.25, -0.2) is 0 Å². The van der Waals surface area contributed by atoms with E-state index in [1.54, 1.807) is 12.1 Å². The van der Waals surface area contributed by atoms with E-state index in [0.717, 1.165) is 17.0 Å². The van der Waals surface area contributed by atoms with Crippen molar-refractivity contribution < 1.29 is 19.0 Å². The SMILES string of the molecule is COc1cc(NC(=O)Cc2cc(C)[nH]c2C)cc(OC)c1OC. The van der Waals surface area contributed by atoms with Gasteiger partial charge in [-0.15, -0.1) is 0 Å². The lowest BCUT2D eigenvalue weighted by atomic mass is 10.1. The van der Waals surface area contributed by atoms with E-state index >= 15 is 0 Å². The van der Waals surface area contributed by atoms with Crippen molar-refractivity contribution in [1.82, 2.24) is 4.98 Å². The first-order valence-corrected chi connectivity index (χ1v) is 7.23. The Bertz CT molecular complexity index is 682. The molecule has 0 spiro atoms. The number of anilines is 1. The predicted octanol–water partition coefficient (Wildman–Crippen LogP) is 2.84. The van der Waals surface area contributed by atoms with Gasteiger partial charge in [0.25, 0.3) is 0 Å². The van der Waals surface area contributed by atoms with Crippen molar-refractivity contribution in [3.05, 3.63) is 35.2 Å². The molecule has 0 saturated carbocycles. The highest BCUT2D eigenvalue weighted by Crippen LogP contribution is 2.39. The van der Waals surface area contributed by atoms with Crippen LogP contribution in [0.1, 0.15) is 17.0 Å². The maximum atomic E-state index is 12.3. The van der Waals surface area contributed by atoms with Gasteiger partial charge in [0.15, 0.2) is 11.5 Å². The maximum absolute atomic E-state index is 12.3. The minimum absolute atomic E-state index is 0.110. The Kier molecular flexibility index (Phi) is 5.16. The fourth-order valence-electron chi connectivity index (χ4n) is 2.50. The number of rotatable bonds is 6. The molecule has 2 rings (SSSR count). The van der Waals surface area contributed by atoms with Gasteiger partial charge in [0.05, 0.1) is 27.8 Å². The molecule has 6 nitrogen and oxygen atoms in total. The molecule has 0 unspecified atom stereocenters. The number of aromatic amines is 1. The van der Waals surface area contributed by atoms with E-state index < -0.39 is 0 Å². The van der Waals surface area contributed by atoms with E-state index in [4.69, 9.17) is 14.2 Å². The van der Waals surface area contributed by atoms with Gasteiger partial charge >= 0.3 is 0 Å². The number of ether oxygens (including phenoxy) is 3. The Balaban J connectivity index is 2.19. The zero-order valence-electron chi connectivity index (χ0n) is 14.1. The second-order valence-electron chi connectivity index (χ2n) is 5.24. The van der Waals surface area contributed by atoms with Crippen LogP contribution in [0.3, 0.4) is 0 Å². The second-order valence-corrected chi connectivity index (χ2v) is 5.24. The number of methoxy groups -OCH3 is 3. The van der Waals surface area contributed by atoms with Crippen LogP contribution in [0.25, 0.3) is 0 Å². The zero-order valence-corrected chi connectivity index (χ0v) is 14.1. The standard InChI is InChI=1S/C17H22N2O4/c1-10-6-12(11(2)18-10)7-16(20)19-13-8-14(21-3)17(23-5)15(9-13)22-4/h6,8-9,18H,7H2,1-5H3,(H,19,20). The molecule has 0 aliphatic carbocycles. The highest BCUT2D eigenvalue weighted by atomic mass is 16.5. The fraction of sp³-hybridized carbons (Fsp3) is 0.353. The largest absolute Gasteiger partial charge is 0.493 e. The summed E-state index contributed by atoms with van der Waals surface area (Å²) in [6.07, 6.45) is 0.298. The van der Waals surface area contributed by atoms with Crippen molar-refractivity contribution in [3.8, 4) is 17.2 Å². The van der Waals surface area contributed by atoms with Crippen molar-refractivity contribution in [2.45, 2.75) is 20.3 Å². The quantitative estimate of drug-likeness (QED) is 0.859. The Morgan fingerprint density at radius 2 is 1.65 bits per heavy atom. The van der Waals surface area contributed by atoms with E-state index in [2.05, 4.69) is 10.3 Å². The summed E-state index contributed by atoms with van der Waals surface area (Å²) in [7, 11) is 4.61. The van der Waals surface area contributed by atoms with Crippen LogP contribution in [0, 0.1) is 13.8 Å². The summed E-state index contributed by atoms with van der Waals surface area (Å²) >= 11 is 0. The first-order chi connectivity index (χ1) is 11.0. The van der Waals surface area contributed by atoms with Gasteiger partial charge in [-0.05, 0) is 25.5 Å². The molecule has 1 aromatic heterocycles.